The number of nitrogens with zero attached hydrogens (tertiary/aromatic N) is 3. The third-order valence-corrected chi connectivity index (χ3v) is 3.65. The molecule has 1 aliphatic heterocycles. The molecule has 0 unspecified atom stereocenters. The van der Waals surface area contributed by atoms with Gasteiger partial charge in [0.15, 0.2) is 5.82 Å². The second-order valence-electron chi connectivity index (χ2n) is 5.36. The quantitative estimate of drug-likeness (QED) is 0.645. The minimum atomic E-state index is -0.577. The lowest BCUT2D eigenvalue weighted by Gasteiger charge is -2.28. The minimum Gasteiger partial charge on any atom is -0.378 e. The maximum absolute atomic E-state index is 13.5. The number of amides is 1. The van der Waals surface area contributed by atoms with Gasteiger partial charge in [-0.25, -0.2) is 19.8 Å². The molecule has 0 aliphatic carbocycles. The molecule has 0 saturated carbocycles. The Morgan fingerprint density at radius 1 is 1.29 bits per heavy atom. The van der Waals surface area contributed by atoms with E-state index in [4.69, 9.17) is 9.94 Å². The molecular weight excluding hydrogens is 315 g/mol. The van der Waals surface area contributed by atoms with Gasteiger partial charge in [-0.1, -0.05) is 12.1 Å². The molecule has 0 bridgehead atoms. The average Bonchev–Trinajstić information content (AvgIpc) is 2.62. The number of hydrogen-bond donors (Lipinski definition) is 2. The fourth-order valence-electron chi connectivity index (χ4n) is 2.49. The van der Waals surface area contributed by atoms with E-state index in [1.54, 1.807) is 23.7 Å². The Balaban J connectivity index is 2.00. The van der Waals surface area contributed by atoms with Crippen molar-refractivity contribution in [2.75, 3.05) is 31.2 Å². The molecule has 2 N–H and O–H groups in total. The molecule has 1 aromatic heterocycles. The fraction of sp³-hybridized carbons (Fsp3) is 0.312. The van der Waals surface area contributed by atoms with Crippen molar-refractivity contribution in [3.63, 3.8) is 0 Å². The molecule has 1 amide bonds. The molecule has 1 fully saturated rings. The van der Waals surface area contributed by atoms with Crippen molar-refractivity contribution < 1.29 is 19.1 Å². The predicted molar refractivity (Wildman–Crippen MR) is 84.1 cm³/mol. The van der Waals surface area contributed by atoms with Crippen LogP contribution < -0.4 is 10.4 Å². The van der Waals surface area contributed by atoms with E-state index in [2.05, 4.69) is 9.97 Å². The van der Waals surface area contributed by atoms with Crippen LogP contribution in [0, 0.1) is 5.82 Å². The summed E-state index contributed by atoms with van der Waals surface area (Å²) in [5.41, 5.74) is 2.55. The summed E-state index contributed by atoms with van der Waals surface area (Å²) in [6, 6.07) is 7.67. The van der Waals surface area contributed by atoms with Crippen molar-refractivity contribution in [2.24, 2.45) is 0 Å². The first-order valence-corrected chi connectivity index (χ1v) is 7.55. The number of hydroxylamine groups is 1. The van der Waals surface area contributed by atoms with E-state index >= 15 is 0 Å². The average molecular weight is 332 g/mol. The highest BCUT2D eigenvalue weighted by Crippen LogP contribution is 2.22. The van der Waals surface area contributed by atoms with E-state index in [1.165, 1.54) is 12.1 Å². The van der Waals surface area contributed by atoms with Crippen molar-refractivity contribution in [1.82, 2.24) is 15.4 Å². The van der Waals surface area contributed by atoms with Crippen LogP contribution in [0.3, 0.4) is 0 Å². The number of halogens is 1. The van der Waals surface area contributed by atoms with E-state index < -0.39 is 5.91 Å². The van der Waals surface area contributed by atoms with Crippen molar-refractivity contribution in [2.45, 2.75) is 6.42 Å². The van der Waals surface area contributed by atoms with Crippen LogP contribution in [0.1, 0.15) is 5.69 Å². The highest BCUT2D eigenvalue weighted by molar-refractivity contribution is 5.77. The van der Waals surface area contributed by atoms with Crippen LogP contribution >= 0.6 is 0 Å². The third kappa shape index (κ3) is 3.84. The Hall–Kier alpha value is -2.58. The first-order chi connectivity index (χ1) is 11.7. The van der Waals surface area contributed by atoms with Gasteiger partial charge in [0.1, 0.15) is 11.6 Å². The minimum absolute atomic E-state index is 0.0985. The Morgan fingerprint density at radius 3 is 2.79 bits per heavy atom. The summed E-state index contributed by atoms with van der Waals surface area (Å²) in [7, 11) is 0. The number of benzene rings is 1. The summed E-state index contributed by atoms with van der Waals surface area (Å²) >= 11 is 0. The van der Waals surface area contributed by atoms with Gasteiger partial charge in [0.2, 0.25) is 5.91 Å². The van der Waals surface area contributed by atoms with Crippen molar-refractivity contribution in [3.05, 3.63) is 41.8 Å². The number of morpholine rings is 1. The number of hydrogen-bond acceptors (Lipinski definition) is 6. The van der Waals surface area contributed by atoms with Crippen LogP contribution in [-0.4, -0.2) is 47.4 Å². The van der Waals surface area contributed by atoms with Crippen molar-refractivity contribution >= 4 is 11.7 Å². The first-order valence-electron chi connectivity index (χ1n) is 7.55. The van der Waals surface area contributed by atoms with Crippen molar-refractivity contribution in [3.8, 4) is 11.4 Å². The molecule has 1 aromatic carbocycles. The summed E-state index contributed by atoms with van der Waals surface area (Å²) in [6.45, 7) is 2.52. The van der Waals surface area contributed by atoms with Crippen LogP contribution in [0.4, 0.5) is 10.2 Å². The first kappa shape index (κ1) is 16.3. The van der Waals surface area contributed by atoms with Gasteiger partial charge in [-0.2, -0.15) is 0 Å². The van der Waals surface area contributed by atoms with E-state index in [1.807, 2.05) is 4.90 Å². The van der Waals surface area contributed by atoms with Gasteiger partial charge in [-0.15, -0.1) is 0 Å². The molecule has 2 aromatic rings. The van der Waals surface area contributed by atoms with Crippen LogP contribution in [0.5, 0.6) is 0 Å². The zero-order valence-corrected chi connectivity index (χ0v) is 12.9. The Morgan fingerprint density at radius 2 is 2.08 bits per heavy atom. The molecule has 8 heteroatoms. The number of rotatable bonds is 4. The van der Waals surface area contributed by atoms with Crippen LogP contribution in [0.25, 0.3) is 11.4 Å². The Labute approximate surface area is 138 Å². The summed E-state index contributed by atoms with van der Waals surface area (Å²) < 4.78 is 18.8. The highest BCUT2D eigenvalue weighted by Gasteiger charge is 2.17. The normalized spacial score (nSPS) is 14.5. The summed E-state index contributed by atoms with van der Waals surface area (Å²) in [5.74, 6) is 0.0156. The Bertz CT molecular complexity index is 735. The molecule has 24 heavy (non-hydrogen) atoms. The standard InChI is InChI=1S/C16H17FN4O3/c17-12-3-1-2-11(8-12)16-18-13(10-15(22)20-23)9-14(19-16)21-4-6-24-7-5-21/h1-3,8-9,23H,4-7,10H2,(H,20,22). The second kappa shape index (κ2) is 7.33. The number of carbonyl (C=O) groups excluding carboxylic acids is 1. The zero-order chi connectivity index (χ0) is 16.9. The van der Waals surface area contributed by atoms with Gasteiger partial charge in [0.05, 0.1) is 25.3 Å². The molecule has 1 saturated heterocycles. The van der Waals surface area contributed by atoms with Gasteiger partial charge in [0, 0.05) is 24.7 Å². The fourth-order valence-corrected chi connectivity index (χ4v) is 2.49. The molecule has 7 nitrogen and oxygen atoms in total. The number of carbonyl (C=O) groups is 1. The number of anilines is 1. The third-order valence-electron chi connectivity index (χ3n) is 3.65. The summed E-state index contributed by atoms with van der Waals surface area (Å²) in [6.07, 6.45) is -0.0985. The number of aromatic nitrogens is 2. The summed E-state index contributed by atoms with van der Waals surface area (Å²) in [5, 5.41) is 8.72. The molecule has 1 aliphatic rings. The monoisotopic (exact) mass is 332 g/mol. The molecule has 3 rings (SSSR count). The topological polar surface area (TPSA) is 87.6 Å². The maximum Gasteiger partial charge on any atom is 0.249 e. The van der Waals surface area contributed by atoms with Gasteiger partial charge in [0.25, 0.3) is 0 Å². The van der Waals surface area contributed by atoms with E-state index in [0.717, 1.165) is 0 Å². The SMILES string of the molecule is O=C(Cc1cc(N2CCOCC2)nc(-c2cccc(F)c2)n1)NO. The second-order valence-corrected chi connectivity index (χ2v) is 5.36. The van der Waals surface area contributed by atoms with Crippen LogP contribution in [0.2, 0.25) is 0 Å². The lowest BCUT2D eigenvalue weighted by atomic mass is 10.2. The lowest BCUT2D eigenvalue weighted by molar-refractivity contribution is -0.128. The molecule has 0 spiro atoms. The van der Waals surface area contributed by atoms with Gasteiger partial charge in [-0.05, 0) is 12.1 Å². The Kier molecular flexibility index (Phi) is 4.97. The van der Waals surface area contributed by atoms with E-state index in [9.17, 15) is 9.18 Å². The molecule has 0 atom stereocenters. The molecule has 126 valence electrons. The molecule has 0 radical (unpaired) electrons. The predicted octanol–water partition coefficient (Wildman–Crippen LogP) is 1.17. The largest absolute Gasteiger partial charge is 0.378 e. The van der Waals surface area contributed by atoms with Gasteiger partial charge < -0.3 is 9.64 Å². The van der Waals surface area contributed by atoms with E-state index in [0.29, 0.717) is 49.2 Å². The number of nitrogens with one attached hydrogen (secondary N) is 1. The van der Waals surface area contributed by atoms with Gasteiger partial charge in [-0.3, -0.25) is 10.0 Å². The van der Waals surface area contributed by atoms with E-state index in [-0.39, 0.29) is 12.2 Å². The molecular formula is C16H17FN4O3. The lowest BCUT2D eigenvalue weighted by Crippen LogP contribution is -2.37. The smallest absolute Gasteiger partial charge is 0.249 e. The van der Waals surface area contributed by atoms with Crippen LogP contribution in [0.15, 0.2) is 30.3 Å². The van der Waals surface area contributed by atoms with Crippen LogP contribution in [-0.2, 0) is 16.0 Å². The summed E-state index contributed by atoms with van der Waals surface area (Å²) in [4.78, 5) is 22.3. The zero-order valence-electron chi connectivity index (χ0n) is 12.9. The highest BCUT2D eigenvalue weighted by atomic mass is 19.1. The maximum atomic E-state index is 13.5. The number of ether oxygens (including phenoxy) is 1. The van der Waals surface area contributed by atoms with Gasteiger partial charge >= 0.3 is 0 Å². The molecule has 2 heterocycles. The van der Waals surface area contributed by atoms with Crippen molar-refractivity contribution in [1.29, 1.82) is 0 Å².